The molecule has 0 spiro atoms. The summed E-state index contributed by atoms with van der Waals surface area (Å²) in [6, 6.07) is 45.3. The summed E-state index contributed by atoms with van der Waals surface area (Å²) in [6.07, 6.45) is 0. The lowest BCUT2D eigenvalue weighted by Crippen LogP contribution is -2.18. The van der Waals surface area contributed by atoms with Gasteiger partial charge in [0.1, 0.15) is 0 Å². The van der Waals surface area contributed by atoms with Crippen LogP contribution in [0.3, 0.4) is 0 Å². The first-order valence-corrected chi connectivity index (χ1v) is 14.3. The van der Waals surface area contributed by atoms with Crippen molar-refractivity contribution in [3.05, 3.63) is 127 Å². The molecule has 0 radical (unpaired) electrons. The average Bonchev–Trinajstić information content (AvgIpc) is 3.40. The fraction of sp³-hybridized carbons (Fsp3) is 0. The van der Waals surface area contributed by atoms with E-state index >= 15 is 0 Å². The van der Waals surface area contributed by atoms with Crippen LogP contribution < -0.4 is 4.90 Å². The third kappa shape index (κ3) is 2.99. The third-order valence-corrected chi connectivity index (χ3v) is 9.16. The predicted octanol–water partition coefficient (Wildman–Crippen LogP) is 10.3. The fourth-order valence-electron chi connectivity index (χ4n) is 6.26. The molecular formula is C36H21N3S. The second-order valence-corrected chi connectivity index (χ2v) is 11.3. The molecule has 1 aliphatic rings. The average molecular weight is 528 g/mol. The van der Waals surface area contributed by atoms with Crippen molar-refractivity contribution >= 4 is 70.5 Å². The zero-order valence-corrected chi connectivity index (χ0v) is 22.2. The molecule has 1 aliphatic heterocycles. The largest absolute Gasteiger partial charge is 0.278 e. The molecule has 0 amide bonds. The van der Waals surface area contributed by atoms with Crippen molar-refractivity contribution in [3.8, 4) is 22.4 Å². The Bertz CT molecular complexity index is 2280. The van der Waals surface area contributed by atoms with Gasteiger partial charge in [-0.2, -0.15) is 0 Å². The van der Waals surface area contributed by atoms with E-state index < -0.39 is 0 Å². The molecule has 0 fully saturated rings. The van der Waals surface area contributed by atoms with Gasteiger partial charge in [0.25, 0.3) is 0 Å². The lowest BCUT2D eigenvalue weighted by molar-refractivity contribution is 1.12. The van der Waals surface area contributed by atoms with Crippen LogP contribution >= 0.6 is 11.3 Å². The Kier molecular flexibility index (Phi) is 4.48. The van der Waals surface area contributed by atoms with Crippen molar-refractivity contribution in [3.63, 3.8) is 0 Å². The summed E-state index contributed by atoms with van der Waals surface area (Å²) >= 11 is 1.77. The lowest BCUT2D eigenvalue weighted by Gasteiger charge is -2.32. The molecule has 0 aliphatic carbocycles. The zero-order valence-electron chi connectivity index (χ0n) is 21.4. The van der Waals surface area contributed by atoms with E-state index in [1.807, 2.05) is 0 Å². The van der Waals surface area contributed by atoms with Gasteiger partial charge in [-0.1, -0.05) is 109 Å². The van der Waals surface area contributed by atoms with Crippen LogP contribution in [0.15, 0.2) is 127 Å². The highest BCUT2D eigenvalue weighted by atomic mass is 32.1. The van der Waals surface area contributed by atoms with Crippen LogP contribution in [0.25, 0.3) is 64.2 Å². The molecule has 3 heterocycles. The Labute approximate surface area is 234 Å². The van der Waals surface area contributed by atoms with Crippen LogP contribution in [0.4, 0.5) is 17.3 Å². The van der Waals surface area contributed by atoms with Crippen molar-refractivity contribution < 1.29 is 0 Å². The first-order chi connectivity index (χ1) is 19.8. The van der Waals surface area contributed by atoms with E-state index in [1.165, 1.54) is 37.4 Å². The van der Waals surface area contributed by atoms with Crippen LogP contribution in [0, 0.1) is 0 Å². The maximum atomic E-state index is 5.35. The van der Waals surface area contributed by atoms with Crippen molar-refractivity contribution in [2.24, 2.45) is 0 Å². The molecule has 9 rings (SSSR count). The number of rotatable bonds is 2. The quantitative estimate of drug-likeness (QED) is 0.224. The van der Waals surface area contributed by atoms with Crippen LogP contribution in [-0.4, -0.2) is 9.97 Å². The number of hydrogen-bond donors (Lipinski definition) is 0. The second-order valence-electron chi connectivity index (χ2n) is 10.2. The summed E-state index contributed by atoms with van der Waals surface area (Å²) in [5.41, 5.74) is 7.74. The van der Waals surface area contributed by atoms with Gasteiger partial charge in [-0.3, -0.25) is 4.90 Å². The molecular weight excluding hydrogens is 506 g/mol. The van der Waals surface area contributed by atoms with Crippen molar-refractivity contribution in [1.29, 1.82) is 0 Å². The number of nitrogens with zero attached hydrogens (tertiary/aromatic N) is 3. The molecule has 0 unspecified atom stereocenters. The molecule has 0 atom stereocenters. The van der Waals surface area contributed by atoms with E-state index in [0.717, 1.165) is 38.2 Å². The molecule has 6 aromatic carbocycles. The highest BCUT2D eigenvalue weighted by molar-refractivity contribution is 7.26. The van der Waals surface area contributed by atoms with Crippen LogP contribution in [0.2, 0.25) is 0 Å². The second kappa shape index (κ2) is 8.22. The highest BCUT2D eigenvalue weighted by Crippen LogP contribution is 2.53. The minimum absolute atomic E-state index is 0.688. The molecule has 8 aromatic rings. The number of fused-ring (bicyclic) bond motifs is 7. The van der Waals surface area contributed by atoms with Gasteiger partial charge in [0.05, 0.1) is 27.3 Å². The molecule has 0 N–H and O–H groups in total. The first kappa shape index (κ1) is 21.8. The Morgan fingerprint density at radius 3 is 2.20 bits per heavy atom. The van der Waals surface area contributed by atoms with Gasteiger partial charge in [-0.15, -0.1) is 11.3 Å². The Hall–Kier alpha value is -5.06. The number of anilines is 3. The predicted molar refractivity (Wildman–Crippen MR) is 169 cm³/mol. The van der Waals surface area contributed by atoms with E-state index in [4.69, 9.17) is 9.97 Å². The Balaban J connectivity index is 1.44. The van der Waals surface area contributed by atoms with Crippen LogP contribution in [-0.2, 0) is 0 Å². The number of benzene rings is 6. The van der Waals surface area contributed by atoms with Crippen molar-refractivity contribution in [1.82, 2.24) is 9.97 Å². The molecule has 40 heavy (non-hydrogen) atoms. The van der Waals surface area contributed by atoms with E-state index in [9.17, 15) is 0 Å². The van der Waals surface area contributed by atoms with Gasteiger partial charge in [0, 0.05) is 26.6 Å². The minimum Gasteiger partial charge on any atom is -0.278 e. The molecule has 2 aromatic heterocycles. The van der Waals surface area contributed by atoms with Crippen LogP contribution in [0.1, 0.15) is 0 Å². The van der Waals surface area contributed by atoms with Crippen LogP contribution in [0.5, 0.6) is 0 Å². The smallest absolute Gasteiger partial charge is 0.235 e. The van der Waals surface area contributed by atoms with Gasteiger partial charge < -0.3 is 0 Å². The maximum Gasteiger partial charge on any atom is 0.235 e. The van der Waals surface area contributed by atoms with E-state index in [-0.39, 0.29) is 0 Å². The molecule has 0 saturated heterocycles. The summed E-state index contributed by atoms with van der Waals surface area (Å²) in [5, 5.41) is 6.07. The first-order valence-electron chi connectivity index (χ1n) is 13.4. The number of hydrogen-bond acceptors (Lipinski definition) is 4. The summed E-state index contributed by atoms with van der Waals surface area (Å²) in [7, 11) is 0. The van der Waals surface area contributed by atoms with Gasteiger partial charge in [0.2, 0.25) is 5.95 Å². The number of thiophene rings is 1. The summed E-state index contributed by atoms with van der Waals surface area (Å²) in [6.45, 7) is 0. The van der Waals surface area contributed by atoms with E-state index in [1.54, 1.807) is 11.3 Å². The Morgan fingerprint density at radius 1 is 0.550 bits per heavy atom. The molecule has 3 nitrogen and oxygen atoms in total. The van der Waals surface area contributed by atoms with Crippen molar-refractivity contribution in [2.75, 3.05) is 4.90 Å². The van der Waals surface area contributed by atoms with E-state index in [2.05, 4.69) is 132 Å². The Morgan fingerprint density at radius 2 is 1.30 bits per heavy atom. The van der Waals surface area contributed by atoms with E-state index in [0.29, 0.717) is 5.95 Å². The summed E-state index contributed by atoms with van der Waals surface area (Å²) in [5.74, 6) is 0.688. The summed E-state index contributed by atoms with van der Waals surface area (Å²) < 4.78 is 2.34. The molecule has 0 saturated carbocycles. The van der Waals surface area contributed by atoms with Crippen molar-refractivity contribution in [2.45, 2.75) is 0 Å². The number of aromatic nitrogens is 2. The normalized spacial score (nSPS) is 12.4. The topological polar surface area (TPSA) is 29.0 Å². The molecule has 186 valence electrons. The van der Waals surface area contributed by atoms with Gasteiger partial charge >= 0.3 is 0 Å². The van der Waals surface area contributed by atoms with Gasteiger partial charge in [-0.05, 0) is 39.9 Å². The monoisotopic (exact) mass is 527 g/mol. The summed E-state index contributed by atoms with van der Waals surface area (Å²) in [4.78, 5) is 13.0. The minimum atomic E-state index is 0.688. The van der Waals surface area contributed by atoms with Gasteiger partial charge in [-0.25, -0.2) is 9.97 Å². The lowest BCUT2D eigenvalue weighted by atomic mass is 9.88. The maximum absolute atomic E-state index is 5.35. The highest BCUT2D eigenvalue weighted by Gasteiger charge is 2.30. The van der Waals surface area contributed by atoms with Gasteiger partial charge in [0.15, 0.2) is 0 Å². The fourth-order valence-corrected chi connectivity index (χ4v) is 7.41. The SMILES string of the molecule is c1ccc(-c2nc(N3c4ccc5ccccc5c4-c4cccc5cccc3c45)nc3c2sc2ccccc23)cc1. The molecule has 4 heteroatoms. The standard InChI is InChI=1S/C36H21N3S/c1-2-11-24(12-3-1)33-35-34(26-16-6-7-19-30(26)40-35)38-36(37-33)39-28-18-9-14-23-13-8-17-27(31(23)28)32-25-15-5-4-10-22(25)20-21-29(32)39/h1-21H. The zero-order chi connectivity index (χ0) is 26.2. The molecule has 0 bridgehead atoms. The third-order valence-electron chi connectivity index (χ3n) is 8.00.